The highest BCUT2D eigenvalue weighted by molar-refractivity contribution is 5.35. The van der Waals surface area contributed by atoms with E-state index in [2.05, 4.69) is 30.9 Å². The normalized spacial score (nSPS) is 10.3. The van der Waals surface area contributed by atoms with Crippen molar-refractivity contribution in [3.63, 3.8) is 0 Å². The van der Waals surface area contributed by atoms with Gasteiger partial charge in [-0.3, -0.25) is 0 Å². The van der Waals surface area contributed by atoms with Gasteiger partial charge in [-0.05, 0) is 0 Å². The Morgan fingerprint density at radius 1 is 1.40 bits per heavy atom. The third-order valence-electron chi connectivity index (χ3n) is 1.61. The number of anilines is 1. The highest BCUT2D eigenvalue weighted by atomic mass is 19.1. The summed E-state index contributed by atoms with van der Waals surface area (Å²) < 4.78 is 25.5. The van der Waals surface area contributed by atoms with Crippen LogP contribution in [0.1, 0.15) is 5.82 Å². The maximum Gasteiger partial charge on any atom is 0.193 e. The van der Waals surface area contributed by atoms with E-state index in [1.807, 2.05) is 0 Å². The number of pyridine rings is 1. The summed E-state index contributed by atoms with van der Waals surface area (Å²) in [6.07, 6.45) is 0.918. The van der Waals surface area contributed by atoms with Crippen molar-refractivity contribution in [1.29, 1.82) is 0 Å². The molecule has 78 valence electrons. The quantitative estimate of drug-likeness (QED) is 0.773. The molecule has 0 aliphatic heterocycles. The van der Waals surface area contributed by atoms with Gasteiger partial charge in [-0.1, -0.05) is 5.21 Å². The summed E-state index contributed by atoms with van der Waals surface area (Å²) in [7, 11) is 0. The van der Waals surface area contributed by atoms with Crippen molar-refractivity contribution in [3.8, 4) is 0 Å². The van der Waals surface area contributed by atoms with Gasteiger partial charge < -0.3 is 5.32 Å². The van der Waals surface area contributed by atoms with Crippen LogP contribution in [0.15, 0.2) is 12.3 Å². The zero-order valence-electron chi connectivity index (χ0n) is 7.41. The monoisotopic (exact) mass is 212 g/mol. The summed E-state index contributed by atoms with van der Waals surface area (Å²) in [5.74, 6) is -1.18. The van der Waals surface area contributed by atoms with Crippen molar-refractivity contribution < 1.29 is 8.78 Å². The molecule has 0 spiro atoms. The number of halogens is 2. The molecule has 0 unspecified atom stereocenters. The minimum absolute atomic E-state index is 0.0544. The van der Waals surface area contributed by atoms with Crippen molar-refractivity contribution in [2.75, 3.05) is 5.32 Å². The first-order valence-electron chi connectivity index (χ1n) is 4.03. The lowest BCUT2D eigenvalue weighted by molar-refractivity contribution is 0.575. The molecule has 8 heteroatoms. The second kappa shape index (κ2) is 3.95. The number of hydrogen-bond acceptors (Lipinski definition) is 5. The van der Waals surface area contributed by atoms with Crippen LogP contribution in [-0.4, -0.2) is 25.6 Å². The predicted molar refractivity (Wildman–Crippen MR) is 45.7 cm³/mol. The summed E-state index contributed by atoms with van der Waals surface area (Å²) in [5, 5.41) is 15.5. The molecule has 0 saturated heterocycles. The summed E-state index contributed by atoms with van der Waals surface area (Å²) in [5.41, 5.74) is 0. The first-order valence-corrected chi connectivity index (χ1v) is 4.03. The first-order chi connectivity index (χ1) is 7.25. The molecule has 0 atom stereocenters. The van der Waals surface area contributed by atoms with E-state index in [1.54, 1.807) is 0 Å². The van der Waals surface area contributed by atoms with Crippen molar-refractivity contribution in [1.82, 2.24) is 25.6 Å². The first kappa shape index (κ1) is 9.44. The summed E-state index contributed by atoms with van der Waals surface area (Å²) in [4.78, 5) is 3.53. The molecule has 0 fully saturated rings. The molecule has 15 heavy (non-hydrogen) atoms. The van der Waals surface area contributed by atoms with Gasteiger partial charge in [0.2, 0.25) is 0 Å². The minimum Gasteiger partial charge on any atom is -0.360 e. The van der Waals surface area contributed by atoms with E-state index in [4.69, 9.17) is 0 Å². The highest BCUT2D eigenvalue weighted by Crippen LogP contribution is 2.11. The number of hydrogen-bond donors (Lipinski definition) is 2. The maximum absolute atomic E-state index is 13.0. The van der Waals surface area contributed by atoms with Crippen molar-refractivity contribution in [2.45, 2.75) is 6.54 Å². The Kier molecular flexibility index (Phi) is 2.48. The number of rotatable bonds is 3. The molecule has 0 radical (unpaired) electrons. The van der Waals surface area contributed by atoms with Gasteiger partial charge in [-0.15, -0.1) is 10.2 Å². The van der Waals surface area contributed by atoms with E-state index >= 15 is 0 Å². The Hall–Kier alpha value is -2.12. The van der Waals surface area contributed by atoms with Crippen molar-refractivity contribution in [3.05, 3.63) is 29.7 Å². The van der Waals surface area contributed by atoms with Crippen LogP contribution in [0.2, 0.25) is 0 Å². The molecule has 0 aliphatic carbocycles. The van der Waals surface area contributed by atoms with Gasteiger partial charge in [0, 0.05) is 6.07 Å². The van der Waals surface area contributed by atoms with Gasteiger partial charge in [0.15, 0.2) is 17.5 Å². The fraction of sp³-hybridized carbons (Fsp3) is 0.143. The number of tetrazole rings is 1. The van der Waals surface area contributed by atoms with Gasteiger partial charge in [0.05, 0.1) is 12.7 Å². The zero-order valence-corrected chi connectivity index (χ0v) is 7.41. The van der Waals surface area contributed by atoms with E-state index < -0.39 is 11.6 Å². The summed E-state index contributed by atoms with van der Waals surface area (Å²) >= 11 is 0. The molecule has 2 heterocycles. The third kappa shape index (κ3) is 2.22. The van der Waals surface area contributed by atoms with Crippen LogP contribution >= 0.6 is 0 Å². The number of H-pyrrole nitrogens is 1. The third-order valence-corrected chi connectivity index (χ3v) is 1.61. The highest BCUT2D eigenvalue weighted by Gasteiger charge is 2.05. The van der Waals surface area contributed by atoms with Gasteiger partial charge in [-0.25, -0.2) is 13.8 Å². The van der Waals surface area contributed by atoms with Crippen LogP contribution in [0.25, 0.3) is 0 Å². The molecule has 2 N–H and O–H groups in total. The fourth-order valence-corrected chi connectivity index (χ4v) is 0.965. The van der Waals surface area contributed by atoms with E-state index in [1.165, 1.54) is 0 Å². The lowest BCUT2D eigenvalue weighted by Gasteiger charge is -2.02. The number of nitrogens with one attached hydrogen (secondary N) is 2. The van der Waals surface area contributed by atoms with Gasteiger partial charge in [-0.2, -0.15) is 5.21 Å². The largest absolute Gasteiger partial charge is 0.360 e. The van der Waals surface area contributed by atoms with Crippen LogP contribution in [0, 0.1) is 11.6 Å². The van der Waals surface area contributed by atoms with E-state index in [-0.39, 0.29) is 12.4 Å². The van der Waals surface area contributed by atoms with E-state index in [0.717, 1.165) is 12.3 Å². The van der Waals surface area contributed by atoms with Gasteiger partial charge in [0.1, 0.15) is 5.82 Å². The SMILES string of the molecule is Fc1cnc(NCc2nn[nH]n2)c(F)c1. The second-order valence-electron chi connectivity index (χ2n) is 2.67. The number of aromatic amines is 1. The molecule has 2 rings (SSSR count). The lowest BCUT2D eigenvalue weighted by Crippen LogP contribution is -2.05. The second-order valence-corrected chi connectivity index (χ2v) is 2.67. The standard InChI is InChI=1S/C7H6F2N6/c8-4-1-5(9)7(10-2-4)11-3-6-12-14-15-13-6/h1-2H,3H2,(H,10,11)(H,12,13,14,15). The Morgan fingerprint density at radius 3 is 2.93 bits per heavy atom. The van der Waals surface area contributed by atoms with Crippen LogP contribution < -0.4 is 5.32 Å². The maximum atomic E-state index is 13.0. The molecule has 0 bridgehead atoms. The summed E-state index contributed by atoms with van der Waals surface area (Å²) in [6.45, 7) is 0.159. The van der Waals surface area contributed by atoms with Crippen LogP contribution in [0.4, 0.5) is 14.6 Å². The fourth-order valence-electron chi connectivity index (χ4n) is 0.965. The summed E-state index contributed by atoms with van der Waals surface area (Å²) in [6, 6.07) is 0.742. The molecule has 0 amide bonds. The molecule has 6 nitrogen and oxygen atoms in total. The molecular formula is C7H6F2N6. The lowest BCUT2D eigenvalue weighted by atomic mass is 10.4. The average Bonchev–Trinajstić information content (AvgIpc) is 2.69. The zero-order chi connectivity index (χ0) is 10.7. The molecule has 2 aromatic heterocycles. The molecule has 0 aliphatic rings. The molecule has 2 aromatic rings. The molecule has 0 aromatic carbocycles. The topological polar surface area (TPSA) is 79.4 Å². The predicted octanol–water partition coefficient (Wildman–Crippen LogP) is 0.485. The number of nitrogens with zero attached hydrogens (tertiary/aromatic N) is 4. The number of aromatic nitrogens is 5. The molecular weight excluding hydrogens is 206 g/mol. The minimum atomic E-state index is -0.765. The average molecular weight is 212 g/mol. The van der Waals surface area contributed by atoms with Crippen molar-refractivity contribution in [2.24, 2.45) is 0 Å². The van der Waals surface area contributed by atoms with E-state index in [0.29, 0.717) is 5.82 Å². The Morgan fingerprint density at radius 2 is 2.27 bits per heavy atom. The molecule has 0 saturated carbocycles. The van der Waals surface area contributed by atoms with Crippen molar-refractivity contribution >= 4 is 5.82 Å². The van der Waals surface area contributed by atoms with Gasteiger partial charge in [0.25, 0.3) is 0 Å². The smallest absolute Gasteiger partial charge is 0.193 e. The van der Waals surface area contributed by atoms with E-state index in [9.17, 15) is 8.78 Å². The van der Waals surface area contributed by atoms with Crippen LogP contribution in [0.3, 0.4) is 0 Å². The Bertz CT molecular complexity index is 443. The van der Waals surface area contributed by atoms with Gasteiger partial charge >= 0.3 is 0 Å². The Balaban J connectivity index is 2.05. The van der Waals surface area contributed by atoms with Crippen LogP contribution in [-0.2, 0) is 6.54 Å². The van der Waals surface area contributed by atoms with Crippen LogP contribution in [0.5, 0.6) is 0 Å². The Labute approximate surface area is 82.7 Å².